The summed E-state index contributed by atoms with van der Waals surface area (Å²) in [5, 5.41) is 6.25. The first-order valence-electron chi connectivity index (χ1n) is 9.04. The lowest BCUT2D eigenvalue weighted by Gasteiger charge is -2.26. The van der Waals surface area contributed by atoms with Gasteiger partial charge >= 0.3 is 0 Å². The summed E-state index contributed by atoms with van der Waals surface area (Å²) < 4.78 is 5.33. The Labute approximate surface area is 154 Å². The SMILES string of the molecule is Cc1ccc(CNc2cc(C(=O)NCCN3CCOCC3)ccn2)cc1. The molecule has 6 nitrogen and oxygen atoms in total. The van der Waals surface area contributed by atoms with Gasteiger partial charge in [-0.15, -0.1) is 0 Å². The number of morpholine rings is 1. The Morgan fingerprint density at radius 3 is 2.73 bits per heavy atom. The Balaban J connectivity index is 1.47. The van der Waals surface area contributed by atoms with Crippen LogP contribution in [0.5, 0.6) is 0 Å². The quantitative estimate of drug-likeness (QED) is 0.797. The number of hydrogen-bond donors (Lipinski definition) is 2. The number of amides is 1. The fourth-order valence-corrected chi connectivity index (χ4v) is 2.82. The van der Waals surface area contributed by atoms with Gasteiger partial charge in [-0.25, -0.2) is 4.98 Å². The van der Waals surface area contributed by atoms with Gasteiger partial charge in [-0.2, -0.15) is 0 Å². The molecule has 1 aromatic carbocycles. The van der Waals surface area contributed by atoms with Crippen LogP contribution in [-0.4, -0.2) is 55.2 Å². The molecular weight excluding hydrogens is 328 g/mol. The summed E-state index contributed by atoms with van der Waals surface area (Å²) in [5.41, 5.74) is 3.04. The molecule has 1 fully saturated rings. The maximum Gasteiger partial charge on any atom is 0.251 e. The Hall–Kier alpha value is -2.44. The number of anilines is 1. The average Bonchev–Trinajstić information content (AvgIpc) is 2.68. The van der Waals surface area contributed by atoms with Crippen molar-refractivity contribution in [3.05, 3.63) is 59.3 Å². The average molecular weight is 354 g/mol. The molecule has 0 spiro atoms. The Kier molecular flexibility index (Phi) is 6.57. The van der Waals surface area contributed by atoms with Crippen LogP contribution in [0.25, 0.3) is 0 Å². The van der Waals surface area contributed by atoms with E-state index in [2.05, 4.69) is 51.7 Å². The number of benzene rings is 1. The van der Waals surface area contributed by atoms with Crippen LogP contribution in [0.1, 0.15) is 21.5 Å². The lowest BCUT2D eigenvalue weighted by molar-refractivity contribution is 0.0383. The summed E-state index contributed by atoms with van der Waals surface area (Å²) >= 11 is 0. The second-order valence-corrected chi connectivity index (χ2v) is 6.48. The maximum atomic E-state index is 12.3. The van der Waals surface area contributed by atoms with Crippen molar-refractivity contribution in [1.82, 2.24) is 15.2 Å². The molecule has 1 aliphatic heterocycles. The number of carbonyl (C=O) groups excluding carboxylic acids is 1. The molecule has 2 N–H and O–H groups in total. The predicted molar refractivity (Wildman–Crippen MR) is 102 cm³/mol. The van der Waals surface area contributed by atoms with Crippen molar-refractivity contribution in [2.75, 3.05) is 44.7 Å². The molecule has 138 valence electrons. The van der Waals surface area contributed by atoms with E-state index < -0.39 is 0 Å². The number of nitrogens with zero attached hydrogens (tertiary/aromatic N) is 2. The molecule has 26 heavy (non-hydrogen) atoms. The topological polar surface area (TPSA) is 66.5 Å². The van der Waals surface area contributed by atoms with Crippen LogP contribution in [-0.2, 0) is 11.3 Å². The number of nitrogens with one attached hydrogen (secondary N) is 2. The second kappa shape index (κ2) is 9.31. The van der Waals surface area contributed by atoms with Gasteiger partial charge in [0, 0.05) is 44.5 Å². The van der Waals surface area contributed by atoms with Crippen LogP contribution in [0, 0.1) is 6.92 Å². The molecule has 2 aromatic rings. The van der Waals surface area contributed by atoms with E-state index in [-0.39, 0.29) is 5.91 Å². The largest absolute Gasteiger partial charge is 0.379 e. The first kappa shape index (κ1) is 18.4. The highest BCUT2D eigenvalue weighted by molar-refractivity contribution is 5.94. The summed E-state index contributed by atoms with van der Waals surface area (Å²) in [6.07, 6.45) is 1.66. The van der Waals surface area contributed by atoms with Crippen LogP contribution in [0.2, 0.25) is 0 Å². The number of pyridine rings is 1. The molecule has 0 atom stereocenters. The summed E-state index contributed by atoms with van der Waals surface area (Å²) in [5.74, 6) is 0.630. The molecular formula is C20H26N4O2. The third-order valence-corrected chi connectivity index (χ3v) is 4.43. The normalized spacial score (nSPS) is 14.8. The van der Waals surface area contributed by atoms with Gasteiger partial charge in [0.05, 0.1) is 13.2 Å². The highest BCUT2D eigenvalue weighted by Crippen LogP contribution is 2.10. The fraction of sp³-hybridized carbons (Fsp3) is 0.400. The molecule has 0 aliphatic carbocycles. The van der Waals surface area contributed by atoms with Gasteiger partial charge in [-0.3, -0.25) is 9.69 Å². The molecule has 1 amide bonds. The van der Waals surface area contributed by atoms with Crippen molar-refractivity contribution in [2.24, 2.45) is 0 Å². The van der Waals surface area contributed by atoms with Gasteiger partial charge in [0.25, 0.3) is 5.91 Å². The molecule has 0 bridgehead atoms. The van der Waals surface area contributed by atoms with Crippen LogP contribution in [0.4, 0.5) is 5.82 Å². The molecule has 1 aromatic heterocycles. The molecule has 0 unspecified atom stereocenters. The predicted octanol–water partition coefficient (Wildman–Crippen LogP) is 2.06. The molecule has 2 heterocycles. The lowest BCUT2D eigenvalue weighted by Crippen LogP contribution is -2.41. The molecule has 1 saturated heterocycles. The molecule has 3 rings (SSSR count). The zero-order valence-corrected chi connectivity index (χ0v) is 15.2. The summed E-state index contributed by atoms with van der Waals surface area (Å²) in [6.45, 7) is 7.63. The number of aromatic nitrogens is 1. The smallest absolute Gasteiger partial charge is 0.251 e. The molecule has 6 heteroatoms. The lowest BCUT2D eigenvalue weighted by atomic mass is 10.1. The first-order chi connectivity index (χ1) is 12.7. The Bertz CT molecular complexity index is 712. The highest BCUT2D eigenvalue weighted by Gasteiger charge is 2.11. The van der Waals surface area contributed by atoms with Crippen molar-refractivity contribution < 1.29 is 9.53 Å². The third-order valence-electron chi connectivity index (χ3n) is 4.43. The number of ether oxygens (including phenoxy) is 1. The Morgan fingerprint density at radius 1 is 1.19 bits per heavy atom. The minimum absolute atomic E-state index is 0.0703. The van der Waals surface area contributed by atoms with E-state index in [1.54, 1.807) is 18.3 Å². The summed E-state index contributed by atoms with van der Waals surface area (Å²) in [6, 6.07) is 11.9. The van der Waals surface area contributed by atoms with Gasteiger partial charge in [-0.05, 0) is 24.6 Å². The van der Waals surface area contributed by atoms with Crippen molar-refractivity contribution in [3.63, 3.8) is 0 Å². The maximum absolute atomic E-state index is 12.3. The van der Waals surface area contributed by atoms with E-state index in [0.29, 0.717) is 24.5 Å². The highest BCUT2D eigenvalue weighted by atomic mass is 16.5. The van der Waals surface area contributed by atoms with Gasteiger partial charge in [-0.1, -0.05) is 29.8 Å². The van der Waals surface area contributed by atoms with E-state index in [1.165, 1.54) is 11.1 Å². The number of rotatable bonds is 7. The van der Waals surface area contributed by atoms with Crippen LogP contribution in [0.3, 0.4) is 0 Å². The van der Waals surface area contributed by atoms with Crippen molar-refractivity contribution in [3.8, 4) is 0 Å². The van der Waals surface area contributed by atoms with E-state index in [0.717, 1.165) is 32.8 Å². The Morgan fingerprint density at radius 2 is 1.96 bits per heavy atom. The van der Waals surface area contributed by atoms with E-state index in [9.17, 15) is 4.79 Å². The van der Waals surface area contributed by atoms with Gasteiger partial charge in [0.15, 0.2) is 0 Å². The summed E-state index contributed by atoms with van der Waals surface area (Å²) in [7, 11) is 0. The van der Waals surface area contributed by atoms with Crippen molar-refractivity contribution in [2.45, 2.75) is 13.5 Å². The molecule has 1 aliphatic rings. The molecule has 0 radical (unpaired) electrons. The van der Waals surface area contributed by atoms with Crippen LogP contribution < -0.4 is 10.6 Å². The monoisotopic (exact) mass is 354 g/mol. The fourth-order valence-electron chi connectivity index (χ4n) is 2.82. The number of hydrogen-bond acceptors (Lipinski definition) is 5. The van der Waals surface area contributed by atoms with E-state index in [4.69, 9.17) is 4.74 Å². The number of carbonyl (C=O) groups is 1. The summed E-state index contributed by atoms with van der Waals surface area (Å²) in [4.78, 5) is 18.9. The van der Waals surface area contributed by atoms with Gasteiger partial charge in [0.1, 0.15) is 5.82 Å². The third kappa shape index (κ3) is 5.54. The van der Waals surface area contributed by atoms with Crippen molar-refractivity contribution in [1.29, 1.82) is 0 Å². The van der Waals surface area contributed by atoms with Crippen molar-refractivity contribution >= 4 is 11.7 Å². The zero-order chi connectivity index (χ0) is 18.2. The minimum atomic E-state index is -0.0703. The molecule has 0 saturated carbocycles. The second-order valence-electron chi connectivity index (χ2n) is 6.48. The first-order valence-corrected chi connectivity index (χ1v) is 9.04. The zero-order valence-electron chi connectivity index (χ0n) is 15.2. The van der Waals surface area contributed by atoms with Gasteiger partial charge in [0.2, 0.25) is 0 Å². The van der Waals surface area contributed by atoms with Gasteiger partial charge < -0.3 is 15.4 Å². The van der Waals surface area contributed by atoms with Crippen LogP contribution >= 0.6 is 0 Å². The standard InChI is InChI=1S/C20H26N4O2/c1-16-2-4-17(5-3-16)15-23-19-14-18(6-7-21-19)20(25)22-8-9-24-10-12-26-13-11-24/h2-7,14H,8-13,15H2,1H3,(H,21,23)(H,22,25). The van der Waals surface area contributed by atoms with Crippen LogP contribution in [0.15, 0.2) is 42.6 Å². The van der Waals surface area contributed by atoms with E-state index >= 15 is 0 Å². The van der Waals surface area contributed by atoms with E-state index in [1.807, 2.05) is 0 Å². The minimum Gasteiger partial charge on any atom is -0.379 e. The number of aryl methyl sites for hydroxylation is 1.